The Morgan fingerprint density at radius 3 is 2.71 bits per heavy atom. The van der Waals surface area contributed by atoms with Crippen molar-refractivity contribution < 1.29 is 9.66 Å². The number of rotatable bonds is 5. The molecular formula is C13H11BrClN3O3. The maximum atomic E-state index is 10.8. The van der Waals surface area contributed by atoms with Crippen LogP contribution in [0.2, 0.25) is 5.02 Å². The Hall–Kier alpha value is -1.83. The topological polar surface area (TPSA) is 90.4 Å². The number of nitrogen functional groups attached to an aromatic ring is 1. The number of nitro benzene ring substituents is 1. The van der Waals surface area contributed by atoms with Crippen molar-refractivity contribution >= 4 is 38.9 Å². The van der Waals surface area contributed by atoms with Crippen LogP contribution in [0.25, 0.3) is 0 Å². The van der Waals surface area contributed by atoms with E-state index in [1.807, 2.05) is 0 Å². The van der Waals surface area contributed by atoms with Crippen LogP contribution < -0.4 is 16.0 Å². The monoisotopic (exact) mass is 371 g/mol. The third-order valence-corrected chi connectivity index (χ3v) is 3.59. The number of nitrogens with one attached hydrogen (secondary N) is 1. The van der Waals surface area contributed by atoms with Gasteiger partial charge in [-0.05, 0) is 40.2 Å². The Bertz CT molecular complexity index is 682. The van der Waals surface area contributed by atoms with Crippen molar-refractivity contribution in [2.75, 3.05) is 5.43 Å². The van der Waals surface area contributed by atoms with Gasteiger partial charge < -0.3 is 10.2 Å². The molecule has 2 aromatic rings. The molecule has 0 atom stereocenters. The van der Waals surface area contributed by atoms with E-state index >= 15 is 0 Å². The van der Waals surface area contributed by atoms with Crippen LogP contribution in [0.15, 0.2) is 40.9 Å². The summed E-state index contributed by atoms with van der Waals surface area (Å²) in [5.74, 6) is 5.97. The van der Waals surface area contributed by atoms with E-state index < -0.39 is 4.92 Å². The average molecular weight is 373 g/mol. The molecule has 3 N–H and O–H groups in total. The Morgan fingerprint density at radius 1 is 1.33 bits per heavy atom. The molecule has 0 amide bonds. The lowest BCUT2D eigenvalue weighted by Crippen LogP contribution is -2.11. The molecule has 0 unspecified atom stereocenters. The maximum absolute atomic E-state index is 10.8. The molecule has 2 aromatic carbocycles. The standard InChI is InChI=1S/C13H11BrClN3O3/c14-11-6-9(15)1-4-13(11)21-7-8-5-10(18(19)20)2-3-12(8)17-16/h1-6,17H,7,16H2. The first kappa shape index (κ1) is 15.6. The van der Waals surface area contributed by atoms with Crippen LogP contribution in [-0.2, 0) is 6.61 Å². The van der Waals surface area contributed by atoms with Crippen LogP contribution in [0.1, 0.15) is 5.56 Å². The van der Waals surface area contributed by atoms with Gasteiger partial charge in [-0.3, -0.25) is 16.0 Å². The van der Waals surface area contributed by atoms with Gasteiger partial charge in [0.1, 0.15) is 12.4 Å². The second-order valence-corrected chi connectivity index (χ2v) is 5.40. The fraction of sp³-hybridized carbons (Fsp3) is 0.0769. The average Bonchev–Trinajstić information content (AvgIpc) is 2.46. The predicted octanol–water partition coefficient (Wildman–Crippen LogP) is 3.88. The number of non-ortho nitro benzene ring substituents is 1. The van der Waals surface area contributed by atoms with Crippen LogP contribution >= 0.6 is 27.5 Å². The number of halogens is 2. The number of benzene rings is 2. The summed E-state index contributed by atoms with van der Waals surface area (Å²) in [7, 11) is 0. The third-order valence-electron chi connectivity index (χ3n) is 2.73. The summed E-state index contributed by atoms with van der Waals surface area (Å²) < 4.78 is 6.33. The van der Waals surface area contributed by atoms with Crippen molar-refractivity contribution in [2.45, 2.75) is 6.61 Å². The van der Waals surface area contributed by atoms with Crippen molar-refractivity contribution in [3.8, 4) is 5.75 Å². The van der Waals surface area contributed by atoms with Gasteiger partial charge in [0.15, 0.2) is 0 Å². The first-order valence-corrected chi connectivity index (χ1v) is 7.00. The van der Waals surface area contributed by atoms with E-state index in [2.05, 4.69) is 21.4 Å². The van der Waals surface area contributed by atoms with Crippen molar-refractivity contribution in [3.05, 3.63) is 61.6 Å². The summed E-state index contributed by atoms with van der Waals surface area (Å²) >= 11 is 9.19. The van der Waals surface area contributed by atoms with Gasteiger partial charge in [-0.25, -0.2) is 0 Å². The smallest absolute Gasteiger partial charge is 0.269 e. The van der Waals surface area contributed by atoms with Crippen molar-refractivity contribution in [1.82, 2.24) is 0 Å². The van der Waals surface area contributed by atoms with Crippen LogP contribution in [0.3, 0.4) is 0 Å². The third kappa shape index (κ3) is 3.84. The van der Waals surface area contributed by atoms with Crippen molar-refractivity contribution in [1.29, 1.82) is 0 Å². The molecule has 0 bridgehead atoms. The Morgan fingerprint density at radius 2 is 2.10 bits per heavy atom. The summed E-state index contributed by atoms with van der Waals surface area (Å²) in [4.78, 5) is 10.3. The van der Waals surface area contributed by atoms with Crippen molar-refractivity contribution in [2.24, 2.45) is 5.84 Å². The zero-order chi connectivity index (χ0) is 15.4. The number of nitrogens with two attached hydrogens (primary N) is 1. The molecule has 6 nitrogen and oxygen atoms in total. The van der Waals surface area contributed by atoms with Crippen LogP contribution in [0.4, 0.5) is 11.4 Å². The lowest BCUT2D eigenvalue weighted by Gasteiger charge is -2.11. The highest BCUT2D eigenvalue weighted by molar-refractivity contribution is 9.10. The van der Waals surface area contributed by atoms with Gasteiger partial charge in [-0.2, -0.15) is 0 Å². The lowest BCUT2D eigenvalue weighted by molar-refractivity contribution is -0.384. The largest absolute Gasteiger partial charge is 0.488 e. The van der Waals surface area contributed by atoms with Crippen LogP contribution in [0, 0.1) is 10.1 Å². The molecule has 0 aromatic heterocycles. The van der Waals surface area contributed by atoms with E-state index in [0.29, 0.717) is 26.5 Å². The normalized spacial score (nSPS) is 10.2. The molecule has 2 rings (SSSR count). The minimum atomic E-state index is -0.470. The Balaban J connectivity index is 2.22. The fourth-order valence-electron chi connectivity index (χ4n) is 1.70. The van der Waals surface area contributed by atoms with Gasteiger partial charge in [0.2, 0.25) is 0 Å². The first-order chi connectivity index (χ1) is 10.0. The summed E-state index contributed by atoms with van der Waals surface area (Å²) in [6, 6.07) is 9.42. The van der Waals surface area contributed by atoms with Gasteiger partial charge in [-0.1, -0.05) is 11.6 Å². The molecule has 0 fully saturated rings. The van der Waals surface area contributed by atoms with Crippen molar-refractivity contribution in [3.63, 3.8) is 0 Å². The summed E-state index contributed by atoms with van der Waals surface area (Å²) in [6.07, 6.45) is 0. The zero-order valence-corrected chi connectivity index (χ0v) is 13.0. The van der Waals surface area contributed by atoms with Gasteiger partial charge in [-0.15, -0.1) is 0 Å². The van der Waals surface area contributed by atoms with E-state index in [1.165, 1.54) is 18.2 Å². The van der Waals surface area contributed by atoms with Crippen LogP contribution in [0.5, 0.6) is 5.75 Å². The van der Waals surface area contributed by atoms with Gasteiger partial charge in [0.25, 0.3) is 5.69 Å². The molecule has 0 radical (unpaired) electrons. The van der Waals surface area contributed by atoms with E-state index in [-0.39, 0.29) is 12.3 Å². The van der Waals surface area contributed by atoms with Gasteiger partial charge in [0, 0.05) is 22.7 Å². The number of hydrazine groups is 1. The Kier molecular flexibility index (Phi) is 5.00. The number of ether oxygens (including phenoxy) is 1. The van der Waals surface area contributed by atoms with E-state index in [4.69, 9.17) is 22.2 Å². The van der Waals surface area contributed by atoms with E-state index in [0.717, 1.165) is 0 Å². The number of anilines is 1. The van der Waals surface area contributed by atoms with Gasteiger partial charge >= 0.3 is 0 Å². The highest BCUT2D eigenvalue weighted by atomic mass is 79.9. The van der Waals surface area contributed by atoms with E-state index in [9.17, 15) is 10.1 Å². The maximum Gasteiger partial charge on any atom is 0.269 e. The fourth-order valence-corrected chi connectivity index (χ4v) is 2.50. The second kappa shape index (κ2) is 6.75. The molecule has 0 aliphatic carbocycles. The molecule has 0 saturated heterocycles. The molecule has 0 aliphatic heterocycles. The SMILES string of the molecule is NNc1ccc([N+](=O)[O-])cc1COc1ccc(Cl)cc1Br. The number of nitrogens with zero attached hydrogens (tertiary/aromatic N) is 1. The van der Waals surface area contributed by atoms with Gasteiger partial charge in [0.05, 0.1) is 15.1 Å². The van der Waals surface area contributed by atoms with E-state index in [1.54, 1.807) is 18.2 Å². The van der Waals surface area contributed by atoms with Crippen LogP contribution in [-0.4, -0.2) is 4.92 Å². The quantitative estimate of drug-likeness (QED) is 0.472. The lowest BCUT2D eigenvalue weighted by atomic mass is 10.1. The molecular weight excluding hydrogens is 362 g/mol. The number of nitro groups is 1. The Labute approximate surface area is 134 Å². The molecule has 0 spiro atoms. The number of hydrogen-bond donors (Lipinski definition) is 2. The molecule has 21 heavy (non-hydrogen) atoms. The molecule has 0 heterocycles. The number of hydrogen-bond acceptors (Lipinski definition) is 5. The predicted molar refractivity (Wildman–Crippen MR) is 84.4 cm³/mol. The first-order valence-electron chi connectivity index (χ1n) is 5.83. The minimum Gasteiger partial charge on any atom is -0.488 e. The molecule has 110 valence electrons. The summed E-state index contributed by atoms with van der Waals surface area (Å²) in [6.45, 7) is 0.126. The highest BCUT2D eigenvalue weighted by Gasteiger charge is 2.11. The highest BCUT2D eigenvalue weighted by Crippen LogP contribution is 2.30. The summed E-state index contributed by atoms with van der Waals surface area (Å²) in [5.41, 5.74) is 3.60. The molecule has 0 saturated carbocycles. The zero-order valence-electron chi connectivity index (χ0n) is 10.7. The summed E-state index contributed by atoms with van der Waals surface area (Å²) in [5, 5.41) is 11.4. The molecule has 8 heteroatoms. The minimum absolute atomic E-state index is 0.0252. The second-order valence-electron chi connectivity index (χ2n) is 4.11. The molecule has 0 aliphatic rings.